The smallest absolute Gasteiger partial charge is 0.219 e. The molecule has 0 aromatic carbocycles. The SMILES string of the molecule is CO[C@H]1CCN(C2CCN(C(C)=O)CC2)C[C@@]12CCCO2. The summed E-state index contributed by atoms with van der Waals surface area (Å²) in [5.74, 6) is 0.210. The van der Waals surface area contributed by atoms with Crippen molar-refractivity contribution >= 4 is 5.91 Å². The predicted octanol–water partition coefficient (Wildman–Crippen LogP) is 1.27. The summed E-state index contributed by atoms with van der Waals surface area (Å²) >= 11 is 0. The highest BCUT2D eigenvalue weighted by atomic mass is 16.5. The zero-order chi connectivity index (χ0) is 14.9. The Labute approximate surface area is 127 Å². The van der Waals surface area contributed by atoms with Crippen molar-refractivity contribution in [3.63, 3.8) is 0 Å². The Bertz CT molecular complexity index is 374. The zero-order valence-corrected chi connectivity index (χ0v) is 13.3. The molecule has 120 valence electrons. The average Bonchev–Trinajstić information content (AvgIpc) is 2.96. The van der Waals surface area contributed by atoms with Crippen molar-refractivity contribution in [1.82, 2.24) is 9.80 Å². The molecule has 0 aromatic rings. The largest absolute Gasteiger partial charge is 0.378 e. The van der Waals surface area contributed by atoms with Gasteiger partial charge in [0.15, 0.2) is 0 Å². The van der Waals surface area contributed by atoms with Crippen LogP contribution in [0.25, 0.3) is 0 Å². The Morgan fingerprint density at radius 1 is 1.24 bits per heavy atom. The van der Waals surface area contributed by atoms with Gasteiger partial charge < -0.3 is 14.4 Å². The Kier molecular flexibility index (Phi) is 4.52. The minimum Gasteiger partial charge on any atom is -0.378 e. The van der Waals surface area contributed by atoms with Gasteiger partial charge in [-0.1, -0.05) is 0 Å². The van der Waals surface area contributed by atoms with E-state index in [1.165, 1.54) is 0 Å². The maximum Gasteiger partial charge on any atom is 0.219 e. The summed E-state index contributed by atoms with van der Waals surface area (Å²) in [7, 11) is 1.81. The Hall–Kier alpha value is -0.650. The number of rotatable bonds is 2. The van der Waals surface area contributed by atoms with Gasteiger partial charge in [0.2, 0.25) is 5.91 Å². The highest BCUT2D eigenvalue weighted by Gasteiger charge is 2.48. The third-order valence-electron chi connectivity index (χ3n) is 5.58. The second-order valence-corrected chi connectivity index (χ2v) is 6.74. The van der Waals surface area contributed by atoms with Crippen molar-refractivity contribution in [2.45, 2.75) is 56.8 Å². The fourth-order valence-corrected chi connectivity index (χ4v) is 4.36. The van der Waals surface area contributed by atoms with Gasteiger partial charge in [-0.15, -0.1) is 0 Å². The number of amides is 1. The van der Waals surface area contributed by atoms with Crippen LogP contribution >= 0.6 is 0 Å². The summed E-state index contributed by atoms with van der Waals surface area (Å²) in [6, 6.07) is 0.597. The summed E-state index contributed by atoms with van der Waals surface area (Å²) in [5.41, 5.74) is -0.0787. The van der Waals surface area contributed by atoms with E-state index in [4.69, 9.17) is 9.47 Å². The standard InChI is InChI=1S/C16H28N2O3/c1-13(19)17-8-4-14(5-9-17)18-10-6-15(20-2)16(12-18)7-3-11-21-16/h14-15H,3-12H2,1-2H3/t15-,16-/m0/s1. The number of piperidine rings is 2. The summed E-state index contributed by atoms with van der Waals surface area (Å²) in [5, 5.41) is 0. The van der Waals surface area contributed by atoms with E-state index in [9.17, 15) is 4.79 Å². The molecule has 3 saturated heterocycles. The quantitative estimate of drug-likeness (QED) is 0.769. The second kappa shape index (κ2) is 6.23. The zero-order valence-electron chi connectivity index (χ0n) is 13.3. The Morgan fingerprint density at radius 3 is 2.57 bits per heavy atom. The van der Waals surface area contributed by atoms with Crippen LogP contribution in [0.15, 0.2) is 0 Å². The van der Waals surface area contributed by atoms with Crippen LogP contribution in [-0.4, -0.2) is 73.3 Å². The molecule has 5 nitrogen and oxygen atoms in total. The summed E-state index contributed by atoms with van der Waals surface area (Å²) in [4.78, 5) is 16.0. The molecule has 21 heavy (non-hydrogen) atoms. The molecule has 0 aliphatic carbocycles. The molecule has 3 heterocycles. The molecule has 2 atom stereocenters. The van der Waals surface area contributed by atoms with Crippen molar-refractivity contribution in [3.8, 4) is 0 Å². The molecule has 0 radical (unpaired) electrons. The molecule has 0 saturated carbocycles. The van der Waals surface area contributed by atoms with Crippen molar-refractivity contribution < 1.29 is 14.3 Å². The first-order chi connectivity index (χ1) is 10.1. The van der Waals surface area contributed by atoms with Gasteiger partial charge in [0.1, 0.15) is 5.60 Å². The van der Waals surface area contributed by atoms with Crippen LogP contribution in [0.3, 0.4) is 0 Å². The summed E-state index contributed by atoms with van der Waals surface area (Å²) in [6.07, 6.45) is 5.75. The van der Waals surface area contributed by atoms with E-state index in [0.29, 0.717) is 6.04 Å². The maximum atomic E-state index is 11.4. The van der Waals surface area contributed by atoms with Crippen molar-refractivity contribution in [3.05, 3.63) is 0 Å². The lowest BCUT2D eigenvalue weighted by molar-refractivity contribution is -0.153. The normalized spacial score (nSPS) is 35.5. The molecule has 1 amide bonds. The minimum absolute atomic E-state index is 0.0787. The highest BCUT2D eigenvalue weighted by molar-refractivity contribution is 5.73. The van der Waals surface area contributed by atoms with Crippen LogP contribution in [0, 0.1) is 0 Å². The molecule has 0 aromatic heterocycles. The van der Waals surface area contributed by atoms with E-state index in [0.717, 1.165) is 64.9 Å². The van der Waals surface area contributed by atoms with Gasteiger partial charge in [0.25, 0.3) is 0 Å². The van der Waals surface area contributed by atoms with Crippen LogP contribution in [0.1, 0.15) is 39.0 Å². The first-order valence-corrected chi connectivity index (χ1v) is 8.31. The molecule has 5 heteroatoms. The Morgan fingerprint density at radius 2 is 2.00 bits per heavy atom. The van der Waals surface area contributed by atoms with E-state index in [-0.39, 0.29) is 17.6 Å². The number of nitrogens with zero attached hydrogens (tertiary/aromatic N) is 2. The van der Waals surface area contributed by atoms with Crippen LogP contribution in [0.2, 0.25) is 0 Å². The Balaban J connectivity index is 1.61. The van der Waals surface area contributed by atoms with Gasteiger partial charge in [-0.05, 0) is 32.1 Å². The fraction of sp³-hybridized carbons (Fsp3) is 0.938. The van der Waals surface area contributed by atoms with Crippen molar-refractivity contribution in [2.24, 2.45) is 0 Å². The molecular weight excluding hydrogens is 268 g/mol. The lowest BCUT2D eigenvalue weighted by atomic mass is 9.85. The molecular formula is C16H28N2O3. The lowest BCUT2D eigenvalue weighted by Gasteiger charge is -2.48. The van der Waals surface area contributed by atoms with E-state index < -0.39 is 0 Å². The molecule has 0 N–H and O–H groups in total. The third kappa shape index (κ3) is 2.96. The van der Waals surface area contributed by atoms with Crippen molar-refractivity contribution in [1.29, 1.82) is 0 Å². The summed E-state index contributed by atoms with van der Waals surface area (Å²) < 4.78 is 11.8. The number of likely N-dealkylation sites (tertiary alicyclic amines) is 2. The number of carbonyl (C=O) groups is 1. The van der Waals surface area contributed by atoms with Gasteiger partial charge in [-0.3, -0.25) is 9.69 Å². The van der Waals surface area contributed by atoms with Crippen LogP contribution in [-0.2, 0) is 14.3 Å². The van der Waals surface area contributed by atoms with Crippen LogP contribution in [0.5, 0.6) is 0 Å². The monoisotopic (exact) mass is 296 g/mol. The van der Waals surface area contributed by atoms with Gasteiger partial charge >= 0.3 is 0 Å². The topological polar surface area (TPSA) is 42.0 Å². The molecule has 3 fully saturated rings. The van der Waals surface area contributed by atoms with Crippen LogP contribution < -0.4 is 0 Å². The maximum absolute atomic E-state index is 11.4. The van der Waals surface area contributed by atoms with E-state index in [2.05, 4.69) is 4.90 Å². The summed E-state index contributed by atoms with van der Waals surface area (Å²) in [6.45, 7) is 6.43. The fourth-order valence-electron chi connectivity index (χ4n) is 4.36. The minimum atomic E-state index is -0.0787. The predicted molar refractivity (Wildman–Crippen MR) is 80.2 cm³/mol. The number of hydrogen-bond donors (Lipinski definition) is 0. The number of ether oxygens (including phenoxy) is 2. The van der Waals surface area contributed by atoms with E-state index in [1.807, 2.05) is 12.0 Å². The van der Waals surface area contributed by atoms with Gasteiger partial charge in [0.05, 0.1) is 6.10 Å². The first-order valence-electron chi connectivity index (χ1n) is 8.31. The lowest BCUT2D eigenvalue weighted by Crippen LogP contribution is -2.60. The highest BCUT2D eigenvalue weighted by Crippen LogP contribution is 2.37. The molecule has 3 aliphatic rings. The van der Waals surface area contributed by atoms with E-state index >= 15 is 0 Å². The average molecular weight is 296 g/mol. The molecule has 0 unspecified atom stereocenters. The molecule has 3 rings (SSSR count). The van der Waals surface area contributed by atoms with E-state index in [1.54, 1.807) is 6.92 Å². The van der Waals surface area contributed by atoms with Crippen LogP contribution in [0.4, 0.5) is 0 Å². The second-order valence-electron chi connectivity index (χ2n) is 6.74. The number of hydrogen-bond acceptors (Lipinski definition) is 4. The number of methoxy groups -OCH3 is 1. The number of carbonyl (C=O) groups excluding carboxylic acids is 1. The van der Waals surface area contributed by atoms with Gasteiger partial charge in [0, 0.05) is 52.9 Å². The third-order valence-corrected chi connectivity index (χ3v) is 5.58. The molecule has 0 bridgehead atoms. The molecule has 1 spiro atoms. The first kappa shape index (κ1) is 15.3. The van der Waals surface area contributed by atoms with Gasteiger partial charge in [-0.25, -0.2) is 0 Å². The molecule has 3 aliphatic heterocycles. The van der Waals surface area contributed by atoms with Gasteiger partial charge in [-0.2, -0.15) is 0 Å². The van der Waals surface area contributed by atoms with Crippen molar-refractivity contribution in [2.75, 3.05) is 39.9 Å².